The highest BCUT2D eigenvalue weighted by atomic mass is 32.2. The van der Waals surface area contributed by atoms with Crippen LogP contribution in [0.3, 0.4) is 0 Å². The molecule has 1 atom stereocenters. The van der Waals surface area contributed by atoms with Crippen molar-refractivity contribution < 1.29 is 4.79 Å². The van der Waals surface area contributed by atoms with Crippen molar-refractivity contribution in [2.75, 3.05) is 16.8 Å². The second kappa shape index (κ2) is 7.88. The van der Waals surface area contributed by atoms with Gasteiger partial charge in [0.2, 0.25) is 11.0 Å². The van der Waals surface area contributed by atoms with Gasteiger partial charge in [-0.1, -0.05) is 55.6 Å². The Morgan fingerprint density at radius 2 is 2.28 bits per heavy atom. The highest BCUT2D eigenvalue weighted by Crippen LogP contribution is 2.33. The largest absolute Gasteiger partial charge is 0.300 e. The van der Waals surface area contributed by atoms with Gasteiger partial charge in [-0.15, -0.1) is 10.2 Å². The zero-order valence-corrected chi connectivity index (χ0v) is 16.6. The van der Waals surface area contributed by atoms with Gasteiger partial charge >= 0.3 is 0 Å². The van der Waals surface area contributed by atoms with E-state index in [2.05, 4.69) is 20.5 Å². The van der Waals surface area contributed by atoms with E-state index in [0.29, 0.717) is 16.0 Å². The van der Waals surface area contributed by atoms with E-state index >= 15 is 0 Å². The zero-order valence-electron chi connectivity index (χ0n) is 14.2. The average Bonchev–Trinajstić information content (AvgIpc) is 3.15. The molecule has 3 heterocycles. The first-order valence-electron chi connectivity index (χ1n) is 8.00. The summed E-state index contributed by atoms with van der Waals surface area (Å²) in [6.07, 6.45) is 0.221. The van der Waals surface area contributed by atoms with Gasteiger partial charge in [-0.05, 0) is 11.7 Å². The molecule has 0 aromatic carbocycles. The normalized spacial score (nSPS) is 16.2. The van der Waals surface area contributed by atoms with Crippen molar-refractivity contribution in [1.82, 2.24) is 19.7 Å². The van der Waals surface area contributed by atoms with E-state index in [0.717, 1.165) is 15.8 Å². The third kappa shape index (κ3) is 4.24. The molecule has 0 aliphatic carbocycles. The molecule has 0 spiro atoms. The SMILES string of the molecule is CCSc1nnc(NC(=O)C[C@@H]2CSc3nc(C(C)C)cc(=O)n32)s1. The molecule has 0 saturated carbocycles. The van der Waals surface area contributed by atoms with Crippen LogP contribution in [-0.2, 0) is 4.79 Å². The lowest BCUT2D eigenvalue weighted by atomic mass is 10.1. The fraction of sp³-hybridized carbons (Fsp3) is 0.533. The summed E-state index contributed by atoms with van der Waals surface area (Å²) in [7, 11) is 0. The number of nitrogens with one attached hydrogen (secondary N) is 1. The Kier molecular flexibility index (Phi) is 5.80. The molecule has 3 rings (SSSR count). The number of aromatic nitrogens is 4. The van der Waals surface area contributed by atoms with Crippen molar-refractivity contribution >= 4 is 45.9 Å². The molecule has 10 heteroatoms. The van der Waals surface area contributed by atoms with Crippen LogP contribution >= 0.6 is 34.9 Å². The van der Waals surface area contributed by atoms with Crippen LogP contribution in [0.15, 0.2) is 20.4 Å². The minimum atomic E-state index is -0.182. The molecular formula is C15H19N5O2S3. The van der Waals surface area contributed by atoms with E-state index in [1.54, 1.807) is 22.4 Å². The Hall–Kier alpha value is -1.39. The first kappa shape index (κ1) is 18.4. The lowest BCUT2D eigenvalue weighted by Crippen LogP contribution is -2.28. The number of anilines is 1. The third-order valence-corrected chi connectivity index (χ3v) is 6.59. The van der Waals surface area contributed by atoms with Gasteiger partial charge in [-0.2, -0.15) is 0 Å². The fourth-order valence-electron chi connectivity index (χ4n) is 2.44. The van der Waals surface area contributed by atoms with Crippen LogP contribution in [0.4, 0.5) is 5.13 Å². The summed E-state index contributed by atoms with van der Waals surface area (Å²) in [6.45, 7) is 6.06. The average molecular weight is 398 g/mol. The molecule has 25 heavy (non-hydrogen) atoms. The molecule has 1 N–H and O–H groups in total. The van der Waals surface area contributed by atoms with E-state index in [1.807, 2.05) is 20.8 Å². The molecule has 7 nitrogen and oxygen atoms in total. The molecule has 0 saturated heterocycles. The maximum Gasteiger partial charge on any atom is 0.254 e. The van der Waals surface area contributed by atoms with Crippen LogP contribution < -0.4 is 10.9 Å². The van der Waals surface area contributed by atoms with Crippen molar-refractivity contribution in [2.24, 2.45) is 0 Å². The summed E-state index contributed by atoms with van der Waals surface area (Å²) < 4.78 is 2.47. The Morgan fingerprint density at radius 3 is 3.00 bits per heavy atom. The van der Waals surface area contributed by atoms with Gasteiger partial charge in [0.15, 0.2) is 9.50 Å². The number of carbonyl (C=O) groups is 1. The number of hydrogen-bond acceptors (Lipinski definition) is 8. The van der Waals surface area contributed by atoms with Crippen molar-refractivity contribution in [3.8, 4) is 0 Å². The summed E-state index contributed by atoms with van der Waals surface area (Å²) in [6, 6.07) is 1.39. The summed E-state index contributed by atoms with van der Waals surface area (Å²) >= 11 is 4.47. The number of carbonyl (C=O) groups excluding carboxylic acids is 1. The number of fused-ring (bicyclic) bond motifs is 1. The Labute approximate surface area is 158 Å². The number of hydrogen-bond donors (Lipinski definition) is 1. The number of rotatable bonds is 6. The molecule has 0 fully saturated rings. The standard InChI is InChI=1S/C15H19N5O2S3/c1-4-23-15-19-18-13(25-15)17-11(21)5-9-7-24-14-16-10(8(2)3)6-12(22)20(9)14/h6,8-9H,4-5,7H2,1-3H3,(H,17,18,21)/t9-/m1/s1. The van der Waals surface area contributed by atoms with Gasteiger partial charge in [0.25, 0.3) is 5.56 Å². The smallest absolute Gasteiger partial charge is 0.254 e. The summed E-state index contributed by atoms with van der Waals surface area (Å²) in [5, 5.41) is 12.0. The fourth-order valence-corrected chi connectivity index (χ4v) is 5.26. The van der Waals surface area contributed by atoms with E-state index in [1.165, 1.54) is 23.1 Å². The molecule has 1 amide bonds. The van der Waals surface area contributed by atoms with Crippen LogP contribution in [-0.4, -0.2) is 37.2 Å². The highest BCUT2D eigenvalue weighted by Gasteiger charge is 2.28. The molecular weight excluding hydrogens is 378 g/mol. The van der Waals surface area contributed by atoms with Crippen molar-refractivity contribution in [3.05, 3.63) is 22.1 Å². The maximum absolute atomic E-state index is 12.4. The topological polar surface area (TPSA) is 89.8 Å². The summed E-state index contributed by atoms with van der Waals surface area (Å²) in [4.78, 5) is 29.3. The van der Waals surface area contributed by atoms with Crippen molar-refractivity contribution in [2.45, 2.75) is 48.6 Å². The van der Waals surface area contributed by atoms with Gasteiger partial charge in [-0.25, -0.2) is 4.98 Å². The lowest BCUT2D eigenvalue weighted by molar-refractivity contribution is -0.116. The molecule has 1 aliphatic heterocycles. The molecule has 134 valence electrons. The van der Waals surface area contributed by atoms with E-state index in [9.17, 15) is 9.59 Å². The van der Waals surface area contributed by atoms with Gasteiger partial charge < -0.3 is 5.32 Å². The second-order valence-electron chi connectivity index (χ2n) is 5.85. The van der Waals surface area contributed by atoms with Crippen LogP contribution in [0.5, 0.6) is 0 Å². The molecule has 0 bridgehead atoms. The second-order valence-corrected chi connectivity index (χ2v) is 9.33. The number of thioether (sulfide) groups is 2. The molecule has 1 aliphatic rings. The van der Waals surface area contributed by atoms with E-state index in [-0.39, 0.29) is 29.8 Å². The van der Waals surface area contributed by atoms with Gasteiger partial charge in [0.05, 0.1) is 11.7 Å². The Bertz CT molecular complexity index is 833. The van der Waals surface area contributed by atoms with Crippen LogP contribution in [0.2, 0.25) is 0 Å². The minimum absolute atomic E-state index is 0.0888. The quantitative estimate of drug-likeness (QED) is 0.455. The minimum Gasteiger partial charge on any atom is -0.300 e. The Morgan fingerprint density at radius 1 is 1.48 bits per heavy atom. The van der Waals surface area contributed by atoms with Crippen LogP contribution in [0.1, 0.15) is 44.8 Å². The third-order valence-electron chi connectivity index (χ3n) is 3.64. The van der Waals surface area contributed by atoms with E-state index < -0.39 is 0 Å². The molecule has 0 unspecified atom stereocenters. The monoisotopic (exact) mass is 397 g/mol. The molecule has 2 aromatic heterocycles. The van der Waals surface area contributed by atoms with Gasteiger partial charge in [0.1, 0.15) is 0 Å². The molecule has 0 radical (unpaired) electrons. The zero-order chi connectivity index (χ0) is 18.0. The molecule has 2 aromatic rings. The van der Waals surface area contributed by atoms with Crippen LogP contribution in [0.25, 0.3) is 0 Å². The van der Waals surface area contributed by atoms with Gasteiger partial charge in [0, 0.05) is 18.2 Å². The van der Waals surface area contributed by atoms with Crippen LogP contribution in [0, 0.1) is 0 Å². The van der Waals surface area contributed by atoms with Crippen molar-refractivity contribution in [1.29, 1.82) is 0 Å². The predicted octanol–water partition coefficient (Wildman–Crippen LogP) is 3.01. The maximum atomic E-state index is 12.4. The highest BCUT2D eigenvalue weighted by molar-refractivity contribution is 8.01. The summed E-state index contributed by atoms with van der Waals surface area (Å²) in [5.41, 5.74) is 0.706. The lowest BCUT2D eigenvalue weighted by Gasteiger charge is -2.13. The summed E-state index contributed by atoms with van der Waals surface area (Å²) in [5.74, 6) is 1.62. The van der Waals surface area contributed by atoms with Crippen molar-refractivity contribution in [3.63, 3.8) is 0 Å². The first-order valence-corrected chi connectivity index (χ1v) is 10.8. The predicted molar refractivity (Wildman–Crippen MR) is 102 cm³/mol. The van der Waals surface area contributed by atoms with E-state index in [4.69, 9.17) is 0 Å². The Balaban J connectivity index is 1.69. The number of amides is 1. The number of nitrogens with zero attached hydrogens (tertiary/aromatic N) is 4. The first-order chi connectivity index (χ1) is 12.0. The van der Waals surface area contributed by atoms with Gasteiger partial charge in [-0.3, -0.25) is 14.2 Å².